The Bertz CT molecular complexity index is 320. The third-order valence-corrected chi connectivity index (χ3v) is 1.69. The monoisotopic (exact) mass is 252 g/mol. The van der Waals surface area contributed by atoms with Crippen molar-refractivity contribution in [3.05, 3.63) is 30.6 Å². The Morgan fingerprint density at radius 2 is 2.20 bits per heavy atom. The molecule has 1 heterocycles. The van der Waals surface area contributed by atoms with Crippen molar-refractivity contribution in [2.75, 3.05) is 0 Å². The number of rotatable bonds is 0. The highest BCUT2D eigenvalue weighted by Gasteiger charge is 1.94. The van der Waals surface area contributed by atoms with E-state index in [-0.39, 0.29) is 11.2 Å². The van der Waals surface area contributed by atoms with E-state index < -0.39 is 0 Å². The fourth-order valence-electron chi connectivity index (χ4n) is 0.527. The summed E-state index contributed by atoms with van der Waals surface area (Å²) in [7, 11) is 1.43. The van der Waals surface area contributed by atoms with Gasteiger partial charge >= 0.3 is 5.69 Å². The fourth-order valence-corrected chi connectivity index (χ4v) is 1.02. The van der Waals surface area contributed by atoms with Gasteiger partial charge in [0.2, 0.25) is 0 Å². The van der Waals surface area contributed by atoms with Crippen LogP contribution in [0, 0.1) is 3.70 Å². The van der Waals surface area contributed by atoms with Crippen LogP contribution in [-0.2, 0) is 7.05 Å². The maximum absolute atomic E-state index is 10.8. The Balaban J connectivity index is 3.62. The van der Waals surface area contributed by atoms with Crippen LogP contribution in [0.1, 0.15) is 0 Å². The molecule has 54 valence electrons. The summed E-state index contributed by atoms with van der Waals surface area (Å²) in [5.74, 6) is 0. The minimum Gasteiger partial charge on any atom is -0.302 e. The van der Waals surface area contributed by atoms with Gasteiger partial charge in [0.05, 0.1) is 3.70 Å². The first-order valence-electron chi connectivity index (χ1n) is 2.57. The van der Waals surface area contributed by atoms with Crippen LogP contribution in [0.25, 0.3) is 0 Å². The summed E-state index contributed by atoms with van der Waals surface area (Å²) in [6.07, 6.45) is 0. The van der Waals surface area contributed by atoms with E-state index in [1.165, 1.54) is 13.1 Å². The highest BCUT2D eigenvalue weighted by Crippen LogP contribution is 1.88. The molecule has 0 bridgehead atoms. The predicted molar refractivity (Wildman–Crippen MR) is 45.0 cm³/mol. The molecule has 5 heteroatoms. The van der Waals surface area contributed by atoms with Gasteiger partial charge in [-0.15, -0.1) is 0 Å². The molecule has 0 amide bonds. The van der Waals surface area contributed by atoms with Gasteiger partial charge in [-0.1, -0.05) is 0 Å². The van der Waals surface area contributed by atoms with Crippen LogP contribution in [0.3, 0.4) is 0 Å². The molecule has 0 saturated heterocycles. The number of hydrogen-bond donors (Lipinski definition) is 1. The first-order chi connectivity index (χ1) is 4.61. The van der Waals surface area contributed by atoms with E-state index in [2.05, 4.69) is 4.98 Å². The molecule has 1 N–H and O–H groups in total. The van der Waals surface area contributed by atoms with E-state index in [1.807, 2.05) is 22.6 Å². The lowest BCUT2D eigenvalue weighted by molar-refractivity contribution is 0.768. The Morgan fingerprint density at radius 3 is 2.70 bits per heavy atom. The van der Waals surface area contributed by atoms with E-state index in [1.54, 1.807) is 0 Å². The molecule has 0 radical (unpaired) electrons. The fraction of sp³-hybridized carbons (Fsp3) is 0.200. The summed E-state index contributed by atoms with van der Waals surface area (Å²) in [6.45, 7) is 0. The summed E-state index contributed by atoms with van der Waals surface area (Å²) < 4.78 is 1.58. The first kappa shape index (κ1) is 7.52. The number of H-pyrrole nitrogens is 1. The third-order valence-electron chi connectivity index (χ3n) is 1.11. The lowest BCUT2D eigenvalue weighted by atomic mass is 10.6. The van der Waals surface area contributed by atoms with E-state index >= 15 is 0 Å². The zero-order valence-electron chi connectivity index (χ0n) is 5.22. The van der Waals surface area contributed by atoms with Crippen molar-refractivity contribution in [3.8, 4) is 0 Å². The molecule has 0 aliphatic rings. The first-order valence-corrected chi connectivity index (χ1v) is 3.65. The largest absolute Gasteiger partial charge is 0.328 e. The molecule has 0 unspecified atom stereocenters. The standard InChI is InChI=1S/C5H5IN2O2/c1-8-4(9)2-3(6)7-5(8)10/h2H,1H3,(H,7,10). The number of aromatic amines is 1. The van der Waals surface area contributed by atoms with Gasteiger partial charge in [0.15, 0.2) is 0 Å². The van der Waals surface area contributed by atoms with E-state index in [4.69, 9.17) is 0 Å². The Labute approximate surface area is 70.0 Å². The maximum Gasteiger partial charge on any atom is 0.328 e. The molecule has 1 aromatic rings. The van der Waals surface area contributed by atoms with Gasteiger partial charge in [-0.05, 0) is 22.6 Å². The molecular weight excluding hydrogens is 247 g/mol. The Morgan fingerprint density at radius 1 is 1.60 bits per heavy atom. The lowest BCUT2D eigenvalue weighted by Crippen LogP contribution is -2.32. The molecule has 0 spiro atoms. The van der Waals surface area contributed by atoms with Gasteiger partial charge in [-0.3, -0.25) is 9.36 Å². The van der Waals surface area contributed by atoms with Crippen molar-refractivity contribution in [1.29, 1.82) is 0 Å². The molecule has 1 aromatic heterocycles. The Hall–Kier alpha value is -0.590. The van der Waals surface area contributed by atoms with Crippen molar-refractivity contribution < 1.29 is 0 Å². The number of aromatic nitrogens is 2. The number of hydrogen-bond acceptors (Lipinski definition) is 2. The van der Waals surface area contributed by atoms with Gasteiger partial charge in [0.1, 0.15) is 0 Å². The van der Waals surface area contributed by atoms with Crippen LogP contribution in [0.4, 0.5) is 0 Å². The van der Waals surface area contributed by atoms with Gasteiger partial charge in [0.25, 0.3) is 5.56 Å². The van der Waals surface area contributed by atoms with Crippen LogP contribution < -0.4 is 11.2 Å². The van der Waals surface area contributed by atoms with Crippen molar-refractivity contribution in [1.82, 2.24) is 9.55 Å². The second-order valence-corrected chi connectivity index (χ2v) is 2.98. The van der Waals surface area contributed by atoms with Crippen LogP contribution in [0.2, 0.25) is 0 Å². The quantitative estimate of drug-likeness (QED) is 0.508. The highest BCUT2D eigenvalue weighted by molar-refractivity contribution is 14.1. The molecule has 0 aliphatic carbocycles. The minimum absolute atomic E-state index is 0.284. The minimum atomic E-state index is -0.378. The van der Waals surface area contributed by atoms with Gasteiger partial charge < -0.3 is 4.98 Å². The number of halogens is 1. The number of nitrogens with one attached hydrogen (secondary N) is 1. The van der Waals surface area contributed by atoms with Crippen LogP contribution in [0.15, 0.2) is 15.7 Å². The second kappa shape index (κ2) is 2.57. The van der Waals surface area contributed by atoms with Crippen LogP contribution >= 0.6 is 22.6 Å². The van der Waals surface area contributed by atoms with Crippen molar-refractivity contribution in [2.45, 2.75) is 0 Å². The summed E-state index contributed by atoms with van der Waals surface area (Å²) in [5, 5.41) is 0. The smallest absolute Gasteiger partial charge is 0.302 e. The second-order valence-electron chi connectivity index (χ2n) is 1.82. The molecule has 10 heavy (non-hydrogen) atoms. The van der Waals surface area contributed by atoms with E-state index in [0.29, 0.717) is 3.70 Å². The molecule has 0 aromatic carbocycles. The van der Waals surface area contributed by atoms with Crippen LogP contribution in [-0.4, -0.2) is 9.55 Å². The average molecular weight is 252 g/mol. The molecule has 0 fully saturated rings. The highest BCUT2D eigenvalue weighted by atomic mass is 127. The van der Waals surface area contributed by atoms with Gasteiger partial charge in [0, 0.05) is 13.1 Å². The Kier molecular flexibility index (Phi) is 1.93. The maximum atomic E-state index is 10.8. The van der Waals surface area contributed by atoms with Crippen LogP contribution in [0.5, 0.6) is 0 Å². The third kappa shape index (κ3) is 1.28. The topological polar surface area (TPSA) is 54.9 Å². The number of nitrogens with zero attached hydrogens (tertiary/aromatic N) is 1. The molecule has 0 atom stereocenters. The molecule has 1 rings (SSSR count). The predicted octanol–water partition coefficient (Wildman–Crippen LogP) is -0.322. The summed E-state index contributed by atoms with van der Waals surface area (Å²) in [5.41, 5.74) is -0.662. The van der Waals surface area contributed by atoms with E-state index in [9.17, 15) is 9.59 Å². The molecule has 4 nitrogen and oxygen atoms in total. The summed E-state index contributed by atoms with van der Waals surface area (Å²) in [4.78, 5) is 24.0. The van der Waals surface area contributed by atoms with E-state index in [0.717, 1.165) is 4.57 Å². The van der Waals surface area contributed by atoms with Gasteiger partial charge in [-0.25, -0.2) is 4.79 Å². The average Bonchev–Trinajstić information content (AvgIpc) is 1.82. The SMILES string of the molecule is Cn1c(=O)cc(I)[nH]c1=O. The summed E-state index contributed by atoms with van der Waals surface area (Å²) >= 11 is 1.88. The normalized spacial score (nSPS) is 9.80. The van der Waals surface area contributed by atoms with Crippen molar-refractivity contribution in [3.63, 3.8) is 0 Å². The summed E-state index contributed by atoms with van der Waals surface area (Å²) in [6, 6.07) is 1.36. The van der Waals surface area contributed by atoms with Crippen molar-refractivity contribution in [2.24, 2.45) is 7.05 Å². The zero-order valence-corrected chi connectivity index (χ0v) is 7.38. The molecular formula is C5H5IN2O2. The zero-order chi connectivity index (χ0) is 7.72. The molecule has 0 saturated carbocycles. The van der Waals surface area contributed by atoms with Crippen molar-refractivity contribution >= 4 is 22.6 Å². The molecule has 0 aliphatic heterocycles. The van der Waals surface area contributed by atoms with Gasteiger partial charge in [-0.2, -0.15) is 0 Å². The lowest BCUT2D eigenvalue weighted by Gasteiger charge is -1.92.